The smallest absolute Gasteiger partial charge is 0.0726 e. The molecule has 0 fully saturated rings. The molecule has 306 valence electrons. The first kappa shape index (κ1) is 37.5. The Labute approximate surface area is 381 Å². The lowest BCUT2D eigenvalue weighted by atomic mass is 9.70. The quantitative estimate of drug-likeness (QED) is 0.161. The molecule has 1 spiro atoms. The van der Waals surface area contributed by atoms with E-state index in [2.05, 4.69) is 255 Å². The zero-order valence-electron chi connectivity index (χ0n) is 36.5. The highest BCUT2D eigenvalue weighted by molar-refractivity contribution is 6.03. The molecule has 0 radical (unpaired) electrons. The Morgan fingerprint density at radius 2 is 0.738 bits per heavy atom. The molecule has 1 heteroatoms. The summed E-state index contributed by atoms with van der Waals surface area (Å²) in [5.74, 6) is 0. The summed E-state index contributed by atoms with van der Waals surface area (Å²) in [4.78, 5) is 2.54. The van der Waals surface area contributed by atoms with Crippen LogP contribution in [0.5, 0.6) is 0 Å². The van der Waals surface area contributed by atoms with Crippen molar-refractivity contribution in [1.29, 1.82) is 0 Å². The highest BCUT2D eigenvalue weighted by Crippen LogP contribution is 2.65. The molecular formula is C64H45N. The van der Waals surface area contributed by atoms with Gasteiger partial charge in [0.05, 0.1) is 16.8 Å². The van der Waals surface area contributed by atoms with Gasteiger partial charge in [-0.15, -0.1) is 0 Å². The van der Waals surface area contributed by atoms with Crippen LogP contribution in [0, 0.1) is 0 Å². The molecule has 3 aliphatic rings. The highest BCUT2D eigenvalue weighted by atomic mass is 15.1. The number of rotatable bonds is 6. The maximum absolute atomic E-state index is 2.54. The van der Waals surface area contributed by atoms with E-state index in [1.54, 1.807) is 0 Å². The molecule has 65 heavy (non-hydrogen) atoms. The van der Waals surface area contributed by atoms with Gasteiger partial charge in [-0.3, -0.25) is 0 Å². The first-order chi connectivity index (χ1) is 32.0. The van der Waals surface area contributed by atoms with E-state index >= 15 is 0 Å². The van der Waals surface area contributed by atoms with Crippen LogP contribution in [0.25, 0.3) is 66.8 Å². The van der Waals surface area contributed by atoms with Crippen molar-refractivity contribution in [3.05, 3.63) is 270 Å². The van der Waals surface area contributed by atoms with Crippen molar-refractivity contribution in [3.8, 4) is 66.8 Å². The predicted molar refractivity (Wildman–Crippen MR) is 271 cm³/mol. The summed E-state index contributed by atoms with van der Waals surface area (Å²) in [5, 5.41) is 0. The van der Waals surface area contributed by atoms with Gasteiger partial charge in [0.2, 0.25) is 0 Å². The molecule has 0 amide bonds. The Morgan fingerprint density at radius 1 is 0.277 bits per heavy atom. The number of hydrogen-bond donors (Lipinski definition) is 0. The standard InChI is InChI=1S/C64H45N/c1-63(2)53-28-13-11-25-50(53)61-47(27-17-32-57(61)63)45-37-40-59(52(41-45)44-21-7-4-8-22-44)65(46-38-35-43(36-39-46)42-19-5-3-6-20-42)60-34-18-33-58-62(60)51-26-12-16-31-56(51)64(58)54-29-14-9-23-48(54)49-24-10-15-30-55(49)64/h3-41H,1-2H3. The summed E-state index contributed by atoms with van der Waals surface area (Å²) < 4.78 is 0. The fraction of sp³-hybridized carbons (Fsp3) is 0.0625. The molecule has 0 unspecified atom stereocenters. The normalized spacial score (nSPS) is 13.9. The van der Waals surface area contributed by atoms with Gasteiger partial charge in [0.15, 0.2) is 0 Å². The van der Waals surface area contributed by atoms with Gasteiger partial charge in [-0.05, 0) is 119 Å². The molecular weight excluding hydrogens is 783 g/mol. The molecule has 0 heterocycles. The summed E-state index contributed by atoms with van der Waals surface area (Å²) in [5.41, 5.74) is 26.0. The molecule has 0 N–H and O–H groups in total. The number of anilines is 3. The number of hydrogen-bond acceptors (Lipinski definition) is 1. The molecule has 0 saturated carbocycles. The molecule has 10 aromatic carbocycles. The minimum Gasteiger partial charge on any atom is -0.309 e. The van der Waals surface area contributed by atoms with Crippen molar-refractivity contribution in [2.45, 2.75) is 24.7 Å². The van der Waals surface area contributed by atoms with Crippen LogP contribution in [0.2, 0.25) is 0 Å². The summed E-state index contributed by atoms with van der Waals surface area (Å²) in [7, 11) is 0. The third-order valence-electron chi connectivity index (χ3n) is 14.7. The monoisotopic (exact) mass is 827 g/mol. The first-order valence-electron chi connectivity index (χ1n) is 22.8. The SMILES string of the molecule is CC1(C)c2ccccc2-c2c(-c3ccc(N(c4ccc(-c5ccccc5)cc4)c4cccc5c4-c4ccccc4C54c5ccccc5-c5ccccc54)c(-c4ccccc4)c3)cccc21. The van der Waals surface area contributed by atoms with Gasteiger partial charge < -0.3 is 4.90 Å². The average Bonchev–Trinajstić information content (AvgIpc) is 3.94. The Morgan fingerprint density at radius 3 is 1.40 bits per heavy atom. The molecule has 0 aliphatic heterocycles. The minimum absolute atomic E-state index is 0.0888. The van der Waals surface area contributed by atoms with Gasteiger partial charge in [-0.25, -0.2) is 0 Å². The van der Waals surface area contributed by atoms with Crippen LogP contribution in [0.4, 0.5) is 17.1 Å². The van der Waals surface area contributed by atoms with Gasteiger partial charge in [0.25, 0.3) is 0 Å². The summed E-state index contributed by atoms with van der Waals surface area (Å²) in [6.07, 6.45) is 0. The van der Waals surface area contributed by atoms with Crippen LogP contribution in [0.15, 0.2) is 237 Å². The Bertz CT molecular complexity index is 3460. The van der Waals surface area contributed by atoms with E-state index in [1.807, 2.05) is 0 Å². The first-order valence-corrected chi connectivity index (χ1v) is 22.8. The largest absolute Gasteiger partial charge is 0.309 e. The van der Waals surface area contributed by atoms with Crippen LogP contribution >= 0.6 is 0 Å². The lowest BCUT2D eigenvalue weighted by Crippen LogP contribution is -2.26. The molecule has 3 aliphatic carbocycles. The van der Waals surface area contributed by atoms with Gasteiger partial charge in [-0.2, -0.15) is 0 Å². The van der Waals surface area contributed by atoms with Gasteiger partial charge >= 0.3 is 0 Å². The summed E-state index contributed by atoms with van der Waals surface area (Å²) in [6, 6.07) is 88.2. The summed E-state index contributed by atoms with van der Waals surface area (Å²) in [6.45, 7) is 4.73. The summed E-state index contributed by atoms with van der Waals surface area (Å²) >= 11 is 0. The molecule has 0 aromatic heterocycles. The van der Waals surface area contributed by atoms with Crippen LogP contribution in [-0.4, -0.2) is 0 Å². The van der Waals surface area contributed by atoms with Crippen LogP contribution < -0.4 is 4.90 Å². The Balaban J connectivity index is 1.09. The van der Waals surface area contributed by atoms with Crippen molar-refractivity contribution in [1.82, 2.24) is 0 Å². The zero-order chi connectivity index (χ0) is 43.3. The topological polar surface area (TPSA) is 3.24 Å². The van der Waals surface area contributed by atoms with Gasteiger partial charge in [0, 0.05) is 22.2 Å². The van der Waals surface area contributed by atoms with Crippen molar-refractivity contribution >= 4 is 17.1 Å². The van der Waals surface area contributed by atoms with Crippen molar-refractivity contribution in [2.75, 3.05) is 4.90 Å². The van der Waals surface area contributed by atoms with E-state index in [9.17, 15) is 0 Å². The lowest BCUT2D eigenvalue weighted by molar-refractivity contribution is 0.660. The van der Waals surface area contributed by atoms with E-state index < -0.39 is 5.41 Å². The lowest BCUT2D eigenvalue weighted by Gasteiger charge is -2.32. The molecule has 1 nitrogen and oxygen atoms in total. The maximum Gasteiger partial charge on any atom is 0.0726 e. The van der Waals surface area contributed by atoms with E-state index in [1.165, 1.54) is 100 Å². The fourth-order valence-corrected chi connectivity index (χ4v) is 11.9. The van der Waals surface area contributed by atoms with Crippen molar-refractivity contribution < 1.29 is 0 Å². The third-order valence-corrected chi connectivity index (χ3v) is 14.7. The Kier molecular flexibility index (Phi) is 8.24. The van der Waals surface area contributed by atoms with Crippen LogP contribution in [-0.2, 0) is 10.8 Å². The van der Waals surface area contributed by atoms with E-state index in [0.717, 1.165) is 17.1 Å². The fourth-order valence-electron chi connectivity index (χ4n) is 11.9. The minimum atomic E-state index is -0.457. The molecule has 0 saturated heterocycles. The number of nitrogens with zero attached hydrogens (tertiary/aromatic N) is 1. The van der Waals surface area contributed by atoms with Gasteiger partial charge in [-0.1, -0.05) is 220 Å². The van der Waals surface area contributed by atoms with E-state index in [0.29, 0.717) is 0 Å². The van der Waals surface area contributed by atoms with E-state index in [4.69, 9.17) is 0 Å². The second kappa shape index (κ2) is 14.3. The average molecular weight is 828 g/mol. The van der Waals surface area contributed by atoms with Crippen molar-refractivity contribution in [2.24, 2.45) is 0 Å². The maximum atomic E-state index is 2.54. The number of benzene rings is 10. The van der Waals surface area contributed by atoms with E-state index in [-0.39, 0.29) is 5.41 Å². The van der Waals surface area contributed by atoms with Crippen LogP contribution in [0.3, 0.4) is 0 Å². The van der Waals surface area contributed by atoms with Gasteiger partial charge in [0.1, 0.15) is 0 Å². The Hall–Kier alpha value is -8.00. The molecule has 13 rings (SSSR count). The second-order valence-electron chi connectivity index (χ2n) is 18.3. The number of fused-ring (bicyclic) bond motifs is 13. The van der Waals surface area contributed by atoms with Crippen molar-refractivity contribution in [3.63, 3.8) is 0 Å². The molecule has 10 aromatic rings. The molecule has 0 atom stereocenters. The third kappa shape index (κ3) is 5.33. The zero-order valence-corrected chi connectivity index (χ0v) is 36.5. The molecule has 0 bridgehead atoms. The van der Waals surface area contributed by atoms with Crippen LogP contribution in [0.1, 0.15) is 47.2 Å². The predicted octanol–water partition coefficient (Wildman–Crippen LogP) is 16.8. The highest BCUT2D eigenvalue weighted by Gasteiger charge is 2.52. The second-order valence-corrected chi connectivity index (χ2v) is 18.3.